The van der Waals surface area contributed by atoms with E-state index in [1.165, 1.54) is 12.8 Å². The zero-order valence-corrected chi connectivity index (χ0v) is 9.06. The molecule has 0 unspecified atom stereocenters. The number of thioether (sulfide) groups is 1. The Bertz CT molecular complexity index is 261. The molecule has 0 atom stereocenters. The van der Waals surface area contributed by atoms with Gasteiger partial charge in [0.25, 0.3) is 0 Å². The van der Waals surface area contributed by atoms with Crippen molar-refractivity contribution < 1.29 is 4.79 Å². The third kappa shape index (κ3) is 4.32. The summed E-state index contributed by atoms with van der Waals surface area (Å²) in [6.45, 7) is 2.14. The number of amides is 1. The monoisotopic (exact) mass is 213 g/mol. The summed E-state index contributed by atoms with van der Waals surface area (Å²) in [6.07, 6.45) is 5.63. The topological polar surface area (TPSA) is 57.8 Å². The highest BCUT2D eigenvalue weighted by molar-refractivity contribution is 7.99. The molecule has 0 aliphatic carbocycles. The van der Waals surface area contributed by atoms with E-state index in [4.69, 9.17) is 0 Å². The molecule has 1 rings (SSSR count). The molecule has 0 aliphatic rings. The number of nitrogens with one attached hydrogen (secondary N) is 2. The lowest BCUT2D eigenvalue weighted by molar-refractivity contribution is -0.113. The molecule has 14 heavy (non-hydrogen) atoms. The highest BCUT2D eigenvalue weighted by Crippen LogP contribution is 2.05. The van der Waals surface area contributed by atoms with Crippen molar-refractivity contribution in [2.45, 2.75) is 19.8 Å². The molecule has 1 heterocycles. The van der Waals surface area contributed by atoms with Crippen LogP contribution in [-0.4, -0.2) is 27.4 Å². The average molecular weight is 213 g/mol. The molecule has 0 saturated heterocycles. The van der Waals surface area contributed by atoms with Crippen molar-refractivity contribution in [2.24, 2.45) is 0 Å². The lowest BCUT2D eigenvalue weighted by Gasteiger charge is -2.00. The van der Waals surface area contributed by atoms with E-state index in [1.807, 2.05) is 0 Å². The fourth-order valence-electron chi connectivity index (χ4n) is 0.913. The highest BCUT2D eigenvalue weighted by atomic mass is 32.2. The molecule has 0 fully saturated rings. The van der Waals surface area contributed by atoms with E-state index < -0.39 is 0 Å². The molecule has 0 bridgehead atoms. The maximum Gasteiger partial charge on any atom is 0.236 e. The fraction of sp³-hybridized carbons (Fsp3) is 0.556. The second kappa shape index (κ2) is 6.48. The standard InChI is InChI=1S/C9H15N3OS/c1-2-3-6-14-7-8(13)12-9-10-4-5-11-9/h4-5H,2-3,6-7H2,1H3,(H2,10,11,12,13). The number of hydrogen-bond donors (Lipinski definition) is 2. The summed E-state index contributed by atoms with van der Waals surface area (Å²) in [5.41, 5.74) is 0. The summed E-state index contributed by atoms with van der Waals surface area (Å²) in [5.74, 6) is 2.06. The van der Waals surface area contributed by atoms with Crippen LogP contribution in [0.5, 0.6) is 0 Å². The minimum Gasteiger partial charge on any atom is -0.331 e. The van der Waals surface area contributed by atoms with Crippen LogP contribution in [0.25, 0.3) is 0 Å². The first kappa shape index (κ1) is 11.1. The zero-order chi connectivity index (χ0) is 10.2. The van der Waals surface area contributed by atoms with E-state index in [0.29, 0.717) is 11.7 Å². The second-order valence-corrected chi connectivity index (χ2v) is 4.00. The minimum atomic E-state index is 0.000975. The molecule has 2 N–H and O–H groups in total. The summed E-state index contributed by atoms with van der Waals surface area (Å²) in [4.78, 5) is 18.0. The van der Waals surface area contributed by atoms with Crippen LogP contribution < -0.4 is 5.32 Å². The number of carbonyl (C=O) groups is 1. The first-order valence-corrected chi connectivity index (χ1v) is 5.85. The normalized spacial score (nSPS) is 10.1. The number of rotatable bonds is 6. The van der Waals surface area contributed by atoms with Crippen LogP contribution in [0.2, 0.25) is 0 Å². The van der Waals surface area contributed by atoms with Gasteiger partial charge in [-0.2, -0.15) is 11.8 Å². The fourth-order valence-corrected chi connectivity index (χ4v) is 1.81. The van der Waals surface area contributed by atoms with E-state index in [0.717, 1.165) is 5.75 Å². The van der Waals surface area contributed by atoms with Crippen molar-refractivity contribution in [3.05, 3.63) is 12.4 Å². The van der Waals surface area contributed by atoms with Gasteiger partial charge in [-0.3, -0.25) is 10.1 Å². The number of anilines is 1. The van der Waals surface area contributed by atoms with E-state index in [9.17, 15) is 4.79 Å². The Morgan fingerprint density at radius 2 is 2.57 bits per heavy atom. The first-order valence-electron chi connectivity index (χ1n) is 4.70. The SMILES string of the molecule is CCCCSCC(=O)Nc1ncc[nH]1. The summed E-state index contributed by atoms with van der Waals surface area (Å²) in [5, 5.41) is 2.67. The third-order valence-corrected chi connectivity index (χ3v) is 2.68. The quantitative estimate of drug-likeness (QED) is 0.709. The van der Waals surface area contributed by atoms with Crippen molar-refractivity contribution >= 4 is 23.6 Å². The average Bonchev–Trinajstić information content (AvgIpc) is 2.65. The van der Waals surface area contributed by atoms with Crippen molar-refractivity contribution in [3.8, 4) is 0 Å². The maximum atomic E-state index is 11.3. The number of carbonyl (C=O) groups excluding carboxylic acids is 1. The number of H-pyrrole nitrogens is 1. The summed E-state index contributed by atoms with van der Waals surface area (Å²) in [7, 11) is 0. The Hall–Kier alpha value is -0.970. The van der Waals surface area contributed by atoms with Gasteiger partial charge in [0.1, 0.15) is 0 Å². The smallest absolute Gasteiger partial charge is 0.236 e. The lowest BCUT2D eigenvalue weighted by atomic mass is 10.4. The van der Waals surface area contributed by atoms with Crippen LogP contribution in [0.3, 0.4) is 0 Å². The van der Waals surface area contributed by atoms with Gasteiger partial charge in [0.15, 0.2) is 0 Å². The van der Waals surface area contributed by atoms with Crippen LogP contribution in [0.4, 0.5) is 5.95 Å². The molecule has 0 aliphatic heterocycles. The van der Waals surface area contributed by atoms with Crippen molar-refractivity contribution in [1.82, 2.24) is 9.97 Å². The van der Waals surface area contributed by atoms with E-state index >= 15 is 0 Å². The van der Waals surface area contributed by atoms with Gasteiger partial charge < -0.3 is 4.98 Å². The van der Waals surface area contributed by atoms with E-state index in [-0.39, 0.29) is 5.91 Å². The molecule has 1 amide bonds. The van der Waals surface area contributed by atoms with Crippen LogP contribution in [0, 0.1) is 0 Å². The van der Waals surface area contributed by atoms with Gasteiger partial charge in [-0.15, -0.1) is 0 Å². The van der Waals surface area contributed by atoms with Gasteiger partial charge in [-0.05, 0) is 12.2 Å². The first-order chi connectivity index (χ1) is 6.83. The molecule has 78 valence electrons. The van der Waals surface area contributed by atoms with Gasteiger partial charge in [0.05, 0.1) is 5.75 Å². The molecular formula is C9H15N3OS. The van der Waals surface area contributed by atoms with Crippen LogP contribution in [-0.2, 0) is 4.79 Å². The zero-order valence-electron chi connectivity index (χ0n) is 8.25. The van der Waals surface area contributed by atoms with Gasteiger partial charge in [-0.1, -0.05) is 13.3 Å². The largest absolute Gasteiger partial charge is 0.331 e. The molecule has 0 saturated carbocycles. The maximum absolute atomic E-state index is 11.3. The Morgan fingerprint density at radius 1 is 1.71 bits per heavy atom. The number of nitrogens with zero attached hydrogens (tertiary/aromatic N) is 1. The van der Waals surface area contributed by atoms with Crippen LogP contribution in [0.1, 0.15) is 19.8 Å². The predicted molar refractivity (Wildman–Crippen MR) is 59.5 cm³/mol. The van der Waals surface area contributed by atoms with Crippen molar-refractivity contribution in [3.63, 3.8) is 0 Å². The molecule has 1 aromatic heterocycles. The van der Waals surface area contributed by atoms with E-state index in [1.54, 1.807) is 24.2 Å². The summed E-state index contributed by atoms with van der Waals surface area (Å²) in [6, 6.07) is 0. The number of imidazole rings is 1. The summed E-state index contributed by atoms with van der Waals surface area (Å²) < 4.78 is 0. The van der Waals surface area contributed by atoms with Gasteiger partial charge in [0.2, 0.25) is 11.9 Å². The number of aromatic nitrogens is 2. The molecule has 0 spiro atoms. The van der Waals surface area contributed by atoms with Crippen LogP contribution >= 0.6 is 11.8 Å². The summed E-state index contributed by atoms with van der Waals surface area (Å²) >= 11 is 1.65. The minimum absolute atomic E-state index is 0.000975. The second-order valence-electron chi connectivity index (χ2n) is 2.89. The molecule has 4 nitrogen and oxygen atoms in total. The van der Waals surface area contributed by atoms with Crippen molar-refractivity contribution in [1.29, 1.82) is 0 Å². The van der Waals surface area contributed by atoms with Gasteiger partial charge >= 0.3 is 0 Å². The molecular weight excluding hydrogens is 198 g/mol. The third-order valence-electron chi connectivity index (χ3n) is 1.63. The van der Waals surface area contributed by atoms with Crippen LogP contribution in [0.15, 0.2) is 12.4 Å². The Morgan fingerprint density at radius 3 is 3.21 bits per heavy atom. The number of hydrogen-bond acceptors (Lipinski definition) is 3. The van der Waals surface area contributed by atoms with Crippen molar-refractivity contribution in [2.75, 3.05) is 16.8 Å². The Balaban J connectivity index is 2.11. The number of unbranched alkanes of at least 4 members (excludes halogenated alkanes) is 1. The van der Waals surface area contributed by atoms with E-state index in [2.05, 4.69) is 22.2 Å². The highest BCUT2D eigenvalue weighted by Gasteiger charge is 2.02. The molecule has 5 heteroatoms. The molecule has 0 aromatic carbocycles. The lowest BCUT2D eigenvalue weighted by Crippen LogP contribution is -2.15. The Kier molecular flexibility index (Phi) is 5.14. The Labute approximate surface area is 87.9 Å². The van der Waals surface area contributed by atoms with Gasteiger partial charge in [-0.25, -0.2) is 4.98 Å². The molecule has 1 aromatic rings. The molecule has 0 radical (unpaired) electrons. The predicted octanol–water partition coefficient (Wildman–Crippen LogP) is 1.88. The van der Waals surface area contributed by atoms with Gasteiger partial charge in [0, 0.05) is 12.4 Å². The number of aromatic amines is 1.